The molecule has 0 saturated carbocycles. The van der Waals surface area contributed by atoms with Crippen molar-refractivity contribution in [3.63, 3.8) is 0 Å². The van der Waals surface area contributed by atoms with Gasteiger partial charge in [0.05, 0.1) is 12.9 Å². The fraction of sp³-hybridized carbons (Fsp3) is 1.00. The maximum absolute atomic E-state index is 10.7. The lowest BCUT2D eigenvalue weighted by Gasteiger charge is -2.06. The minimum absolute atomic E-state index is 0.459. The van der Waals surface area contributed by atoms with Crippen LogP contribution in [0.2, 0.25) is 0 Å². The zero-order chi connectivity index (χ0) is 12.6. The van der Waals surface area contributed by atoms with Gasteiger partial charge < -0.3 is 0 Å². The molecule has 1 heterocycles. The second-order valence-corrected chi connectivity index (χ2v) is 8.73. The van der Waals surface area contributed by atoms with Crippen LogP contribution in [-0.2, 0) is 14.9 Å². The SMILES string of the molecule is CS(=O)(=O)NOCCCCCCC1CCSS1. The molecule has 1 fully saturated rings. The molecule has 1 saturated heterocycles. The molecule has 1 rings (SSSR count). The minimum atomic E-state index is -3.21. The molecule has 102 valence electrons. The summed E-state index contributed by atoms with van der Waals surface area (Å²) in [7, 11) is 0.813. The molecule has 17 heavy (non-hydrogen) atoms. The number of hydrogen-bond acceptors (Lipinski definition) is 5. The summed E-state index contributed by atoms with van der Waals surface area (Å²) in [5.74, 6) is 1.31. The van der Waals surface area contributed by atoms with Crippen LogP contribution in [0.4, 0.5) is 0 Å². The molecule has 0 aliphatic carbocycles. The molecule has 0 aromatic carbocycles. The molecule has 1 unspecified atom stereocenters. The average molecular weight is 299 g/mol. The molecule has 0 amide bonds. The fourth-order valence-electron chi connectivity index (χ4n) is 1.61. The molecule has 7 heteroatoms. The summed E-state index contributed by atoms with van der Waals surface area (Å²) in [6.07, 6.45) is 8.27. The first-order chi connectivity index (χ1) is 8.08. The third-order valence-corrected chi connectivity index (χ3v) is 5.89. The summed E-state index contributed by atoms with van der Waals surface area (Å²) < 4.78 is 21.3. The zero-order valence-corrected chi connectivity index (χ0v) is 12.6. The number of nitrogens with one attached hydrogen (secondary N) is 1. The van der Waals surface area contributed by atoms with E-state index in [1.54, 1.807) is 0 Å². The highest BCUT2D eigenvalue weighted by atomic mass is 33.1. The monoisotopic (exact) mass is 299 g/mol. The van der Waals surface area contributed by atoms with Gasteiger partial charge in [-0.05, 0) is 19.3 Å². The Morgan fingerprint density at radius 1 is 1.29 bits per heavy atom. The van der Waals surface area contributed by atoms with Crippen LogP contribution in [0.25, 0.3) is 0 Å². The summed E-state index contributed by atoms with van der Waals surface area (Å²) in [5.41, 5.74) is 0. The molecule has 1 aliphatic rings. The van der Waals surface area contributed by atoms with Gasteiger partial charge in [-0.15, -0.1) is 0 Å². The molecule has 0 aromatic heterocycles. The normalized spacial score (nSPS) is 20.9. The van der Waals surface area contributed by atoms with E-state index < -0.39 is 10.0 Å². The maximum atomic E-state index is 10.7. The Balaban J connectivity index is 1.81. The molecule has 0 spiro atoms. The average Bonchev–Trinajstić information content (AvgIpc) is 2.73. The smallest absolute Gasteiger partial charge is 0.230 e. The van der Waals surface area contributed by atoms with Gasteiger partial charge >= 0.3 is 0 Å². The van der Waals surface area contributed by atoms with Crippen molar-refractivity contribution >= 4 is 31.6 Å². The van der Waals surface area contributed by atoms with Crippen LogP contribution < -0.4 is 4.89 Å². The second-order valence-electron chi connectivity index (χ2n) is 4.24. The topological polar surface area (TPSA) is 55.4 Å². The van der Waals surface area contributed by atoms with Gasteiger partial charge in [-0.25, -0.2) is 8.42 Å². The standard InChI is InChI=1S/C10H21NO3S3/c1-17(12,13)11-14-8-5-3-2-4-6-10-7-9-15-16-10/h10-11H,2-9H2,1H3. The largest absolute Gasteiger partial charge is 0.287 e. The van der Waals surface area contributed by atoms with E-state index in [9.17, 15) is 8.42 Å². The van der Waals surface area contributed by atoms with E-state index in [1.807, 2.05) is 26.5 Å². The van der Waals surface area contributed by atoms with E-state index >= 15 is 0 Å². The predicted molar refractivity (Wildman–Crippen MR) is 75.5 cm³/mol. The molecular formula is C10H21NO3S3. The van der Waals surface area contributed by atoms with Crippen LogP contribution in [0.5, 0.6) is 0 Å². The van der Waals surface area contributed by atoms with Crippen molar-refractivity contribution in [2.45, 2.75) is 43.8 Å². The quantitative estimate of drug-likeness (QED) is 0.403. The van der Waals surface area contributed by atoms with E-state index in [0.717, 1.165) is 24.3 Å². The van der Waals surface area contributed by atoms with Crippen molar-refractivity contribution < 1.29 is 13.3 Å². The van der Waals surface area contributed by atoms with Gasteiger partial charge in [0.1, 0.15) is 0 Å². The van der Waals surface area contributed by atoms with Crippen molar-refractivity contribution in [3.05, 3.63) is 0 Å². The molecular weight excluding hydrogens is 278 g/mol. The van der Waals surface area contributed by atoms with Crippen molar-refractivity contribution in [3.8, 4) is 0 Å². The first-order valence-electron chi connectivity index (χ1n) is 5.95. The lowest BCUT2D eigenvalue weighted by Crippen LogP contribution is -2.22. The number of rotatable bonds is 9. The van der Waals surface area contributed by atoms with Gasteiger partial charge in [0.2, 0.25) is 10.0 Å². The second kappa shape index (κ2) is 8.63. The zero-order valence-electron chi connectivity index (χ0n) is 10.2. The Hall–Kier alpha value is 0.570. The highest BCUT2D eigenvalue weighted by Crippen LogP contribution is 2.39. The third kappa shape index (κ3) is 9.18. The van der Waals surface area contributed by atoms with Crippen molar-refractivity contribution in [2.24, 2.45) is 0 Å². The molecule has 1 N–H and O–H groups in total. The Kier molecular flexibility index (Phi) is 7.94. The van der Waals surface area contributed by atoms with Gasteiger partial charge in [-0.3, -0.25) is 4.84 Å². The Morgan fingerprint density at radius 3 is 2.71 bits per heavy atom. The van der Waals surface area contributed by atoms with Crippen molar-refractivity contribution in [2.75, 3.05) is 18.6 Å². The highest BCUT2D eigenvalue weighted by Gasteiger charge is 2.15. The van der Waals surface area contributed by atoms with Gasteiger partial charge in [0.25, 0.3) is 0 Å². The summed E-state index contributed by atoms with van der Waals surface area (Å²) in [6, 6.07) is 0. The van der Waals surface area contributed by atoms with Gasteiger partial charge in [-0.2, -0.15) is 0 Å². The summed E-state index contributed by atoms with van der Waals surface area (Å²) in [4.78, 5) is 6.86. The Labute approximate surface area is 112 Å². The fourth-order valence-corrected chi connectivity index (χ4v) is 4.94. The molecule has 0 radical (unpaired) electrons. The number of sulfonamides is 1. The van der Waals surface area contributed by atoms with Crippen molar-refractivity contribution in [1.82, 2.24) is 4.89 Å². The van der Waals surface area contributed by atoms with Crippen LogP contribution >= 0.6 is 21.6 Å². The summed E-state index contributed by atoms with van der Waals surface area (Å²) >= 11 is 0. The Morgan fingerprint density at radius 2 is 2.06 bits per heavy atom. The number of unbranched alkanes of at least 4 members (excludes halogenated alkanes) is 3. The first kappa shape index (κ1) is 15.6. The lowest BCUT2D eigenvalue weighted by atomic mass is 10.1. The van der Waals surface area contributed by atoms with Crippen LogP contribution in [-0.4, -0.2) is 32.3 Å². The molecule has 1 atom stereocenters. The van der Waals surface area contributed by atoms with Crippen LogP contribution in [0, 0.1) is 0 Å². The van der Waals surface area contributed by atoms with Gasteiger partial charge in [0, 0.05) is 11.0 Å². The van der Waals surface area contributed by atoms with E-state index in [-0.39, 0.29) is 0 Å². The minimum Gasteiger partial charge on any atom is -0.287 e. The van der Waals surface area contributed by atoms with E-state index in [1.165, 1.54) is 31.4 Å². The first-order valence-corrected chi connectivity index (χ1v) is 10.2. The lowest BCUT2D eigenvalue weighted by molar-refractivity contribution is 0.0901. The van der Waals surface area contributed by atoms with Gasteiger partial charge in [-0.1, -0.05) is 45.7 Å². The predicted octanol–water partition coefficient (Wildman–Crippen LogP) is 2.57. The third-order valence-electron chi connectivity index (χ3n) is 2.46. The van der Waals surface area contributed by atoms with Crippen molar-refractivity contribution in [1.29, 1.82) is 0 Å². The molecule has 0 aromatic rings. The summed E-state index contributed by atoms with van der Waals surface area (Å²) in [6.45, 7) is 0.459. The summed E-state index contributed by atoms with van der Waals surface area (Å²) in [5, 5.41) is 0.864. The Bertz CT molecular complexity index is 289. The van der Waals surface area contributed by atoms with E-state index in [2.05, 4.69) is 0 Å². The van der Waals surface area contributed by atoms with E-state index in [0.29, 0.717) is 6.61 Å². The molecule has 4 nitrogen and oxygen atoms in total. The van der Waals surface area contributed by atoms with Crippen LogP contribution in [0.1, 0.15) is 38.5 Å². The molecule has 0 bridgehead atoms. The van der Waals surface area contributed by atoms with E-state index in [4.69, 9.17) is 4.84 Å². The van der Waals surface area contributed by atoms with Crippen LogP contribution in [0.3, 0.4) is 0 Å². The number of hydrogen-bond donors (Lipinski definition) is 1. The maximum Gasteiger partial charge on any atom is 0.230 e. The van der Waals surface area contributed by atoms with Crippen LogP contribution in [0.15, 0.2) is 0 Å². The van der Waals surface area contributed by atoms with Gasteiger partial charge in [0.15, 0.2) is 0 Å². The molecule has 1 aliphatic heterocycles. The highest BCUT2D eigenvalue weighted by molar-refractivity contribution is 8.77.